The van der Waals surface area contributed by atoms with Crippen molar-refractivity contribution in [1.82, 2.24) is 9.38 Å². The second-order valence-corrected chi connectivity index (χ2v) is 8.01. The highest BCUT2D eigenvalue weighted by atomic mass is 19.1. The Bertz CT molecular complexity index is 1150. The van der Waals surface area contributed by atoms with E-state index < -0.39 is 11.0 Å². The van der Waals surface area contributed by atoms with Gasteiger partial charge in [-0.1, -0.05) is 31.9 Å². The second kappa shape index (κ2) is 6.20. The van der Waals surface area contributed by atoms with E-state index in [0.29, 0.717) is 17.0 Å². The Balaban J connectivity index is 1.97. The number of hydrogen-bond donors (Lipinski definition) is 0. The molecule has 0 amide bonds. The number of terminal acetylenes is 1. The van der Waals surface area contributed by atoms with Gasteiger partial charge in [-0.25, -0.2) is 9.37 Å². The van der Waals surface area contributed by atoms with Crippen LogP contribution < -0.4 is 4.74 Å². The molecule has 0 fully saturated rings. The molecule has 0 saturated carbocycles. The van der Waals surface area contributed by atoms with Gasteiger partial charge in [-0.2, -0.15) is 0 Å². The van der Waals surface area contributed by atoms with Gasteiger partial charge in [0.2, 0.25) is 0 Å². The summed E-state index contributed by atoms with van der Waals surface area (Å²) in [6.07, 6.45) is 8.96. The Labute approximate surface area is 164 Å². The van der Waals surface area contributed by atoms with Crippen molar-refractivity contribution in [2.75, 3.05) is 6.61 Å². The Morgan fingerprint density at radius 1 is 1.18 bits per heavy atom. The quantitative estimate of drug-likeness (QED) is 0.637. The van der Waals surface area contributed by atoms with Crippen molar-refractivity contribution in [2.45, 2.75) is 38.6 Å². The molecule has 0 atom stereocenters. The van der Waals surface area contributed by atoms with Crippen LogP contribution in [0, 0.1) is 18.2 Å². The maximum Gasteiger partial charge on any atom is 0.180 e. The molecule has 0 aliphatic carbocycles. The molecule has 1 aliphatic heterocycles. The largest absolute Gasteiger partial charge is 0.477 e. The SMILES string of the molecule is C#CCOc1cccn2c(C3=NC(C)(C)C(C)(C)c4c(F)cccc43)cnc12. The van der Waals surface area contributed by atoms with Gasteiger partial charge in [0.05, 0.1) is 23.1 Å². The maximum atomic E-state index is 14.9. The lowest BCUT2D eigenvalue weighted by Gasteiger charge is -2.44. The minimum Gasteiger partial charge on any atom is -0.477 e. The fourth-order valence-electron chi connectivity index (χ4n) is 3.73. The molecule has 28 heavy (non-hydrogen) atoms. The van der Waals surface area contributed by atoms with E-state index in [4.69, 9.17) is 16.2 Å². The molecule has 3 heterocycles. The summed E-state index contributed by atoms with van der Waals surface area (Å²) >= 11 is 0. The number of fused-ring (bicyclic) bond motifs is 2. The third-order valence-electron chi connectivity index (χ3n) is 5.87. The molecule has 5 heteroatoms. The molecule has 0 spiro atoms. The van der Waals surface area contributed by atoms with Crippen molar-refractivity contribution in [3.8, 4) is 18.1 Å². The average molecular weight is 375 g/mol. The molecule has 4 nitrogen and oxygen atoms in total. The number of imidazole rings is 1. The van der Waals surface area contributed by atoms with Crippen molar-refractivity contribution in [3.63, 3.8) is 0 Å². The smallest absolute Gasteiger partial charge is 0.180 e. The zero-order valence-corrected chi connectivity index (χ0v) is 16.5. The summed E-state index contributed by atoms with van der Waals surface area (Å²) < 4.78 is 22.4. The lowest BCUT2D eigenvalue weighted by Crippen LogP contribution is -2.47. The molecular formula is C23H22FN3O. The van der Waals surface area contributed by atoms with E-state index in [1.807, 2.05) is 56.5 Å². The van der Waals surface area contributed by atoms with Crippen molar-refractivity contribution < 1.29 is 9.13 Å². The number of hydrogen-bond acceptors (Lipinski definition) is 3. The second-order valence-electron chi connectivity index (χ2n) is 8.01. The lowest BCUT2D eigenvalue weighted by atomic mass is 9.66. The molecular weight excluding hydrogens is 353 g/mol. The van der Waals surface area contributed by atoms with E-state index in [2.05, 4.69) is 10.9 Å². The Morgan fingerprint density at radius 3 is 2.71 bits per heavy atom. The third kappa shape index (κ3) is 2.52. The summed E-state index contributed by atoms with van der Waals surface area (Å²) in [5.41, 5.74) is 2.67. The van der Waals surface area contributed by atoms with Crippen molar-refractivity contribution in [3.05, 3.63) is 65.4 Å². The first-order valence-electron chi connectivity index (χ1n) is 9.20. The average Bonchev–Trinajstić information content (AvgIpc) is 3.07. The minimum absolute atomic E-state index is 0.165. The Hall–Kier alpha value is -3.13. The summed E-state index contributed by atoms with van der Waals surface area (Å²) in [5, 5.41) is 0. The van der Waals surface area contributed by atoms with E-state index >= 15 is 0 Å². The lowest BCUT2D eigenvalue weighted by molar-refractivity contribution is 0.293. The molecule has 142 valence electrons. The van der Waals surface area contributed by atoms with Crippen LogP contribution in [-0.4, -0.2) is 27.2 Å². The van der Waals surface area contributed by atoms with Gasteiger partial charge < -0.3 is 4.74 Å². The number of halogens is 1. The summed E-state index contributed by atoms with van der Waals surface area (Å²) in [6, 6.07) is 8.86. The standard InChI is InChI=1S/C23H22FN3O/c1-6-13-28-18-11-8-12-27-17(14-25-21(18)27)20-15-9-7-10-16(24)19(15)22(2,3)23(4,5)26-20/h1,7-12,14H,13H2,2-5H3. The van der Waals surface area contributed by atoms with E-state index in [1.54, 1.807) is 12.3 Å². The summed E-state index contributed by atoms with van der Waals surface area (Å²) in [6.45, 7) is 8.31. The Morgan fingerprint density at radius 2 is 1.96 bits per heavy atom. The highest BCUT2D eigenvalue weighted by Crippen LogP contribution is 2.45. The summed E-state index contributed by atoms with van der Waals surface area (Å²) in [4.78, 5) is 9.57. The van der Waals surface area contributed by atoms with Crippen LogP contribution in [-0.2, 0) is 5.41 Å². The molecule has 0 radical (unpaired) electrons. The van der Waals surface area contributed by atoms with Gasteiger partial charge >= 0.3 is 0 Å². The maximum absolute atomic E-state index is 14.9. The summed E-state index contributed by atoms with van der Waals surface area (Å²) in [7, 11) is 0. The first-order chi connectivity index (χ1) is 13.3. The fourth-order valence-corrected chi connectivity index (χ4v) is 3.73. The normalized spacial score (nSPS) is 16.9. The molecule has 0 bridgehead atoms. The van der Waals surface area contributed by atoms with E-state index in [-0.39, 0.29) is 12.4 Å². The number of rotatable bonds is 3. The molecule has 2 aromatic heterocycles. The van der Waals surface area contributed by atoms with Gasteiger partial charge in [0.15, 0.2) is 11.4 Å². The summed E-state index contributed by atoms with van der Waals surface area (Å²) in [5.74, 6) is 2.85. The predicted molar refractivity (Wildman–Crippen MR) is 109 cm³/mol. The topological polar surface area (TPSA) is 38.9 Å². The molecule has 0 unspecified atom stereocenters. The molecule has 4 rings (SSSR count). The molecule has 0 N–H and O–H groups in total. The molecule has 3 aromatic rings. The van der Waals surface area contributed by atoms with Crippen LogP contribution in [0.4, 0.5) is 4.39 Å². The third-order valence-corrected chi connectivity index (χ3v) is 5.87. The van der Waals surface area contributed by atoms with Gasteiger partial charge in [-0.05, 0) is 32.0 Å². The van der Waals surface area contributed by atoms with Gasteiger partial charge in [-0.15, -0.1) is 6.42 Å². The van der Waals surface area contributed by atoms with Gasteiger partial charge in [0, 0.05) is 22.7 Å². The zero-order valence-electron chi connectivity index (χ0n) is 16.5. The van der Waals surface area contributed by atoms with E-state index in [1.165, 1.54) is 6.07 Å². The first-order valence-corrected chi connectivity index (χ1v) is 9.20. The van der Waals surface area contributed by atoms with Crippen LogP contribution in [0.5, 0.6) is 5.75 Å². The van der Waals surface area contributed by atoms with E-state index in [0.717, 1.165) is 17.0 Å². The van der Waals surface area contributed by atoms with Gasteiger partial charge in [0.25, 0.3) is 0 Å². The van der Waals surface area contributed by atoms with Crippen LogP contribution in [0.15, 0.2) is 47.7 Å². The molecule has 0 saturated heterocycles. The predicted octanol–water partition coefficient (Wildman–Crippen LogP) is 4.39. The van der Waals surface area contributed by atoms with Gasteiger partial charge in [-0.3, -0.25) is 9.39 Å². The van der Waals surface area contributed by atoms with Crippen molar-refractivity contribution in [2.24, 2.45) is 4.99 Å². The van der Waals surface area contributed by atoms with Gasteiger partial charge in [0.1, 0.15) is 12.4 Å². The highest BCUT2D eigenvalue weighted by molar-refractivity contribution is 6.14. The monoisotopic (exact) mass is 375 g/mol. The van der Waals surface area contributed by atoms with Crippen LogP contribution >= 0.6 is 0 Å². The van der Waals surface area contributed by atoms with Crippen molar-refractivity contribution in [1.29, 1.82) is 0 Å². The van der Waals surface area contributed by atoms with Crippen LogP contribution in [0.25, 0.3) is 5.65 Å². The number of nitrogens with zero attached hydrogens (tertiary/aromatic N) is 3. The Kier molecular flexibility index (Phi) is 4.04. The molecule has 1 aliphatic rings. The van der Waals surface area contributed by atoms with Crippen molar-refractivity contribution >= 4 is 11.4 Å². The van der Waals surface area contributed by atoms with Crippen LogP contribution in [0.1, 0.15) is 44.5 Å². The molecule has 1 aromatic carbocycles. The number of ether oxygens (including phenoxy) is 1. The number of benzene rings is 1. The van der Waals surface area contributed by atoms with Crippen LogP contribution in [0.3, 0.4) is 0 Å². The minimum atomic E-state index is -0.501. The highest BCUT2D eigenvalue weighted by Gasteiger charge is 2.45. The first kappa shape index (κ1) is 18.2. The fraction of sp³-hybridized carbons (Fsp3) is 0.304. The van der Waals surface area contributed by atoms with E-state index in [9.17, 15) is 4.39 Å². The van der Waals surface area contributed by atoms with Crippen LogP contribution in [0.2, 0.25) is 0 Å². The zero-order chi connectivity index (χ0) is 20.1. The number of aromatic nitrogens is 2. The number of aliphatic imine (C=N–C) groups is 1. The number of pyridine rings is 1.